The third kappa shape index (κ3) is 46.1. The van der Waals surface area contributed by atoms with Crippen LogP contribution >= 0.6 is 0 Å². The van der Waals surface area contributed by atoms with Crippen molar-refractivity contribution >= 4 is 11.9 Å². The second kappa shape index (κ2) is 51.5. The lowest BCUT2D eigenvalue weighted by molar-refractivity contribution is -0.151. The molecule has 0 saturated carbocycles. The van der Waals surface area contributed by atoms with Crippen molar-refractivity contribution in [3.05, 3.63) is 60.8 Å². The molecular formula is C58H105NO5. The molecule has 6 nitrogen and oxygen atoms in total. The van der Waals surface area contributed by atoms with Crippen molar-refractivity contribution in [2.75, 3.05) is 6.61 Å². The molecule has 0 heterocycles. The SMILES string of the molecule is CC/C=C\C/C=C\C/C=C\C/C=C\C/C=C\CCCC(=O)OC(CCCCCCCCCCCCCCCCCCC)CC(=O)NC(CO)C(O)CCCCCCCCCCCCC. The van der Waals surface area contributed by atoms with E-state index < -0.39 is 18.2 Å². The normalized spacial score (nSPS) is 13.6. The maximum Gasteiger partial charge on any atom is 0.306 e. The Labute approximate surface area is 397 Å². The molecule has 0 aromatic rings. The Hall–Kier alpha value is -2.44. The predicted octanol–water partition coefficient (Wildman–Crippen LogP) is 16.8. The van der Waals surface area contributed by atoms with E-state index in [2.05, 4.69) is 86.8 Å². The summed E-state index contributed by atoms with van der Waals surface area (Å²) in [5.74, 6) is -0.534. The van der Waals surface area contributed by atoms with Crippen LogP contribution in [0.25, 0.3) is 0 Å². The highest BCUT2D eigenvalue weighted by atomic mass is 16.5. The summed E-state index contributed by atoms with van der Waals surface area (Å²) in [6.07, 6.45) is 64.3. The molecule has 3 N–H and O–H groups in total. The molecule has 6 heteroatoms. The summed E-state index contributed by atoms with van der Waals surface area (Å²) in [6.45, 7) is 6.37. The number of carbonyl (C=O) groups is 2. The van der Waals surface area contributed by atoms with E-state index in [0.29, 0.717) is 25.7 Å². The van der Waals surface area contributed by atoms with Gasteiger partial charge in [0.15, 0.2) is 0 Å². The van der Waals surface area contributed by atoms with Crippen molar-refractivity contribution in [2.24, 2.45) is 0 Å². The first-order chi connectivity index (χ1) is 31.5. The molecule has 372 valence electrons. The van der Waals surface area contributed by atoms with Gasteiger partial charge in [-0.1, -0.05) is 255 Å². The van der Waals surface area contributed by atoms with Gasteiger partial charge in [0.05, 0.1) is 25.2 Å². The second-order valence-electron chi connectivity index (χ2n) is 18.6. The van der Waals surface area contributed by atoms with Gasteiger partial charge in [-0.25, -0.2) is 0 Å². The summed E-state index contributed by atoms with van der Waals surface area (Å²) >= 11 is 0. The minimum Gasteiger partial charge on any atom is -0.462 e. The molecule has 0 bridgehead atoms. The highest BCUT2D eigenvalue weighted by Gasteiger charge is 2.24. The Kier molecular flexibility index (Phi) is 49.6. The highest BCUT2D eigenvalue weighted by molar-refractivity contribution is 5.77. The van der Waals surface area contributed by atoms with E-state index in [1.165, 1.54) is 141 Å². The van der Waals surface area contributed by atoms with E-state index in [0.717, 1.165) is 77.0 Å². The van der Waals surface area contributed by atoms with Crippen LogP contribution in [0, 0.1) is 0 Å². The van der Waals surface area contributed by atoms with Crippen LogP contribution in [0.3, 0.4) is 0 Å². The van der Waals surface area contributed by atoms with Gasteiger partial charge >= 0.3 is 5.97 Å². The Morgan fingerprint density at radius 3 is 1.22 bits per heavy atom. The standard InChI is InChI=1S/C58H105NO5/c1-4-7-10-13-16-19-22-24-26-28-30-32-35-37-40-43-46-49-54(52-57(62)59-55(53-60)56(61)50-47-44-41-38-34-21-18-15-12-9-6-3)64-58(63)51-48-45-42-39-36-33-31-29-27-25-23-20-17-14-11-8-5-2/h8,11,17,20,25,27,31,33,39,42,54-56,60-61H,4-7,9-10,12-16,18-19,21-24,26,28-30,32,34-38,40-41,43-53H2,1-3H3,(H,59,62)/b11-8-,20-17-,27-25-,33-31-,42-39-. The molecule has 3 atom stereocenters. The molecule has 0 aliphatic rings. The van der Waals surface area contributed by atoms with Crippen LogP contribution in [0.2, 0.25) is 0 Å². The molecular weight excluding hydrogens is 791 g/mol. The molecule has 0 aliphatic carbocycles. The van der Waals surface area contributed by atoms with Gasteiger partial charge in [-0.05, 0) is 64.2 Å². The van der Waals surface area contributed by atoms with Crippen molar-refractivity contribution in [3.8, 4) is 0 Å². The lowest BCUT2D eigenvalue weighted by Gasteiger charge is -2.24. The first-order valence-electron chi connectivity index (χ1n) is 27.5. The third-order valence-corrected chi connectivity index (χ3v) is 12.4. The maximum atomic E-state index is 13.2. The molecule has 0 radical (unpaired) electrons. The summed E-state index contributed by atoms with van der Waals surface area (Å²) in [4.78, 5) is 26.2. The van der Waals surface area contributed by atoms with E-state index in [-0.39, 0.29) is 24.9 Å². The third-order valence-electron chi connectivity index (χ3n) is 12.4. The summed E-state index contributed by atoms with van der Waals surface area (Å²) in [5.41, 5.74) is 0. The van der Waals surface area contributed by atoms with Gasteiger partial charge in [-0.3, -0.25) is 9.59 Å². The summed E-state index contributed by atoms with van der Waals surface area (Å²) < 4.78 is 5.93. The van der Waals surface area contributed by atoms with E-state index in [1.54, 1.807) is 0 Å². The van der Waals surface area contributed by atoms with Crippen LogP contribution in [0.5, 0.6) is 0 Å². The molecule has 64 heavy (non-hydrogen) atoms. The number of esters is 1. The molecule has 3 unspecified atom stereocenters. The van der Waals surface area contributed by atoms with Crippen molar-refractivity contribution in [1.29, 1.82) is 0 Å². The number of allylic oxidation sites excluding steroid dienone is 10. The lowest BCUT2D eigenvalue weighted by Crippen LogP contribution is -2.46. The topological polar surface area (TPSA) is 95.9 Å². The van der Waals surface area contributed by atoms with Crippen LogP contribution in [0.1, 0.15) is 271 Å². The number of ether oxygens (including phenoxy) is 1. The van der Waals surface area contributed by atoms with Gasteiger partial charge in [0.25, 0.3) is 0 Å². The van der Waals surface area contributed by atoms with Crippen molar-refractivity contribution in [1.82, 2.24) is 5.32 Å². The summed E-state index contributed by atoms with van der Waals surface area (Å²) in [7, 11) is 0. The molecule has 0 fully saturated rings. The molecule has 0 rings (SSSR count). The fraction of sp³-hybridized carbons (Fsp3) is 0.793. The number of unbranched alkanes of at least 4 members (excludes halogenated alkanes) is 27. The Balaban J connectivity index is 4.65. The molecule has 0 aromatic carbocycles. The maximum absolute atomic E-state index is 13.2. The quantitative estimate of drug-likeness (QED) is 0.0321. The van der Waals surface area contributed by atoms with Crippen LogP contribution in [-0.2, 0) is 14.3 Å². The number of hydrogen-bond donors (Lipinski definition) is 3. The fourth-order valence-electron chi connectivity index (χ4n) is 8.23. The van der Waals surface area contributed by atoms with Crippen LogP contribution < -0.4 is 5.32 Å². The van der Waals surface area contributed by atoms with Crippen LogP contribution in [-0.4, -0.2) is 46.9 Å². The number of carbonyl (C=O) groups excluding carboxylic acids is 2. The Bertz CT molecular complexity index is 1140. The molecule has 0 spiro atoms. The van der Waals surface area contributed by atoms with Crippen molar-refractivity contribution < 1.29 is 24.5 Å². The largest absolute Gasteiger partial charge is 0.462 e. The van der Waals surface area contributed by atoms with Gasteiger partial charge in [0.1, 0.15) is 6.10 Å². The zero-order chi connectivity index (χ0) is 46.7. The predicted molar refractivity (Wildman–Crippen MR) is 278 cm³/mol. The first-order valence-corrected chi connectivity index (χ1v) is 27.5. The number of rotatable bonds is 49. The van der Waals surface area contributed by atoms with Gasteiger partial charge in [0, 0.05) is 6.42 Å². The minimum absolute atomic E-state index is 0.0566. The fourth-order valence-corrected chi connectivity index (χ4v) is 8.23. The van der Waals surface area contributed by atoms with Crippen molar-refractivity contribution in [2.45, 2.75) is 289 Å². The Morgan fingerprint density at radius 1 is 0.469 bits per heavy atom. The minimum atomic E-state index is -0.797. The number of hydrogen-bond acceptors (Lipinski definition) is 5. The zero-order valence-electron chi connectivity index (χ0n) is 42.4. The number of aliphatic hydroxyl groups excluding tert-OH is 2. The lowest BCUT2D eigenvalue weighted by atomic mass is 10.0. The summed E-state index contributed by atoms with van der Waals surface area (Å²) in [6, 6.07) is -0.712. The van der Waals surface area contributed by atoms with Crippen molar-refractivity contribution in [3.63, 3.8) is 0 Å². The molecule has 1 amide bonds. The van der Waals surface area contributed by atoms with Crippen LogP contribution in [0.15, 0.2) is 60.8 Å². The van der Waals surface area contributed by atoms with Gasteiger partial charge in [-0.2, -0.15) is 0 Å². The number of aliphatic hydroxyl groups is 2. The monoisotopic (exact) mass is 896 g/mol. The van der Waals surface area contributed by atoms with Gasteiger partial charge < -0.3 is 20.3 Å². The number of nitrogens with one attached hydrogen (secondary N) is 1. The molecule has 0 aliphatic heterocycles. The van der Waals surface area contributed by atoms with Gasteiger partial charge in [0.2, 0.25) is 5.91 Å². The average molecular weight is 896 g/mol. The summed E-state index contributed by atoms with van der Waals surface area (Å²) in [5, 5.41) is 23.8. The van der Waals surface area contributed by atoms with E-state index >= 15 is 0 Å². The van der Waals surface area contributed by atoms with Crippen LogP contribution in [0.4, 0.5) is 0 Å². The smallest absolute Gasteiger partial charge is 0.306 e. The number of amides is 1. The van der Waals surface area contributed by atoms with E-state index in [4.69, 9.17) is 4.74 Å². The van der Waals surface area contributed by atoms with E-state index in [9.17, 15) is 19.8 Å². The molecule has 0 aromatic heterocycles. The first kappa shape index (κ1) is 61.6. The highest BCUT2D eigenvalue weighted by Crippen LogP contribution is 2.18. The molecule has 0 saturated heterocycles. The second-order valence-corrected chi connectivity index (χ2v) is 18.6. The average Bonchev–Trinajstić information content (AvgIpc) is 3.29. The van der Waals surface area contributed by atoms with Gasteiger partial charge in [-0.15, -0.1) is 0 Å². The van der Waals surface area contributed by atoms with E-state index in [1.807, 2.05) is 0 Å². The Morgan fingerprint density at radius 2 is 0.828 bits per heavy atom. The zero-order valence-corrected chi connectivity index (χ0v) is 42.4.